The quantitative estimate of drug-likeness (QED) is 0.685. The number of nitrogens with two attached hydrogens (primary N) is 1. The number of aryl methyl sites for hydroxylation is 2. The highest BCUT2D eigenvalue weighted by Crippen LogP contribution is 2.22. The van der Waals surface area contributed by atoms with E-state index in [4.69, 9.17) is 5.73 Å². The number of carbonyl (C=O) groups excluding carboxylic acids is 1. The van der Waals surface area contributed by atoms with E-state index in [1.807, 2.05) is 50.2 Å². The summed E-state index contributed by atoms with van der Waals surface area (Å²) in [6, 6.07) is 11.5. The lowest BCUT2D eigenvalue weighted by Crippen LogP contribution is -2.08. The first-order chi connectivity index (χ1) is 8.99. The molecule has 0 heterocycles. The third-order valence-corrected chi connectivity index (χ3v) is 4.05. The minimum Gasteiger partial charge on any atom is -0.398 e. The lowest BCUT2D eigenvalue weighted by molar-refractivity contribution is 0.0993. The third kappa shape index (κ3) is 3.04. The molecule has 3 heteroatoms. The van der Waals surface area contributed by atoms with Gasteiger partial charge in [0.1, 0.15) is 0 Å². The summed E-state index contributed by atoms with van der Waals surface area (Å²) in [7, 11) is 0. The summed E-state index contributed by atoms with van der Waals surface area (Å²) < 4.78 is 0.950. The zero-order valence-corrected chi connectivity index (χ0v) is 12.6. The second kappa shape index (κ2) is 5.57. The number of carbonyl (C=O) groups is 1. The van der Waals surface area contributed by atoms with Crippen LogP contribution in [0, 0.1) is 13.8 Å². The summed E-state index contributed by atoms with van der Waals surface area (Å²) in [6.07, 6.45) is 0.355. The molecule has 0 amide bonds. The maximum Gasteiger partial charge on any atom is 0.169 e. The van der Waals surface area contributed by atoms with E-state index in [1.165, 1.54) is 0 Å². The molecule has 0 aliphatic rings. The molecule has 0 bridgehead atoms. The number of hydrogen-bond donors (Lipinski definition) is 1. The van der Waals surface area contributed by atoms with Gasteiger partial charge in [0.05, 0.1) is 0 Å². The van der Waals surface area contributed by atoms with Crippen LogP contribution in [0.4, 0.5) is 5.69 Å². The Morgan fingerprint density at radius 2 is 1.79 bits per heavy atom. The van der Waals surface area contributed by atoms with Gasteiger partial charge in [-0.15, -0.1) is 0 Å². The van der Waals surface area contributed by atoms with Crippen LogP contribution in [0.3, 0.4) is 0 Å². The average molecular weight is 318 g/mol. The van der Waals surface area contributed by atoms with Crippen LogP contribution in [-0.2, 0) is 6.42 Å². The van der Waals surface area contributed by atoms with Crippen molar-refractivity contribution in [3.63, 3.8) is 0 Å². The van der Waals surface area contributed by atoms with E-state index in [0.717, 1.165) is 21.2 Å². The number of nitrogen functional groups attached to an aromatic ring is 1. The summed E-state index contributed by atoms with van der Waals surface area (Å²) in [5.41, 5.74) is 10.3. The Hall–Kier alpha value is -1.61. The lowest BCUT2D eigenvalue weighted by Gasteiger charge is -2.09. The number of anilines is 1. The molecule has 19 heavy (non-hydrogen) atoms. The fourth-order valence-corrected chi connectivity index (χ4v) is 2.41. The average Bonchev–Trinajstić information content (AvgIpc) is 2.36. The summed E-state index contributed by atoms with van der Waals surface area (Å²) in [5, 5.41) is 0. The molecule has 2 nitrogen and oxygen atoms in total. The highest BCUT2D eigenvalue weighted by Gasteiger charge is 2.13. The van der Waals surface area contributed by atoms with Gasteiger partial charge in [0.2, 0.25) is 0 Å². The molecule has 0 aromatic heterocycles. The fourth-order valence-electron chi connectivity index (χ4n) is 1.99. The highest BCUT2D eigenvalue weighted by molar-refractivity contribution is 9.10. The second-order valence-electron chi connectivity index (χ2n) is 4.72. The van der Waals surface area contributed by atoms with E-state index in [0.29, 0.717) is 17.7 Å². The molecule has 0 saturated carbocycles. The minimum atomic E-state index is 0.0486. The predicted molar refractivity (Wildman–Crippen MR) is 82.5 cm³/mol. The Morgan fingerprint density at radius 1 is 1.16 bits per heavy atom. The van der Waals surface area contributed by atoms with Gasteiger partial charge in [0.25, 0.3) is 0 Å². The normalized spacial score (nSPS) is 10.5. The smallest absolute Gasteiger partial charge is 0.169 e. The molecule has 0 radical (unpaired) electrons. The van der Waals surface area contributed by atoms with E-state index < -0.39 is 0 Å². The molecule has 0 unspecified atom stereocenters. The Labute approximate surface area is 121 Å². The topological polar surface area (TPSA) is 43.1 Å². The number of benzene rings is 2. The zero-order chi connectivity index (χ0) is 14.0. The Bertz CT molecular complexity index is 635. The monoisotopic (exact) mass is 317 g/mol. The number of ketones is 1. The van der Waals surface area contributed by atoms with Gasteiger partial charge in [0.15, 0.2) is 5.78 Å². The van der Waals surface area contributed by atoms with Gasteiger partial charge in [-0.1, -0.05) is 34.1 Å². The van der Waals surface area contributed by atoms with Gasteiger partial charge in [-0.3, -0.25) is 4.79 Å². The van der Waals surface area contributed by atoms with Crippen LogP contribution in [0.15, 0.2) is 40.9 Å². The molecule has 2 aromatic carbocycles. The molecule has 0 atom stereocenters. The van der Waals surface area contributed by atoms with E-state index in [1.54, 1.807) is 0 Å². The van der Waals surface area contributed by atoms with Crippen LogP contribution in [0.25, 0.3) is 0 Å². The van der Waals surface area contributed by atoms with Crippen molar-refractivity contribution >= 4 is 27.4 Å². The molecule has 2 N–H and O–H groups in total. The summed E-state index contributed by atoms with van der Waals surface area (Å²) in [5.74, 6) is 0.0486. The largest absolute Gasteiger partial charge is 0.398 e. The lowest BCUT2D eigenvalue weighted by atomic mass is 9.97. The molecule has 0 aliphatic carbocycles. The summed E-state index contributed by atoms with van der Waals surface area (Å²) in [6.45, 7) is 3.98. The van der Waals surface area contributed by atoms with Crippen LogP contribution in [0.1, 0.15) is 27.0 Å². The Balaban J connectivity index is 2.31. The van der Waals surface area contributed by atoms with Crippen molar-refractivity contribution in [2.45, 2.75) is 20.3 Å². The molecule has 0 fully saturated rings. The molecule has 0 spiro atoms. The van der Waals surface area contributed by atoms with Gasteiger partial charge < -0.3 is 5.73 Å². The first kappa shape index (κ1) is 13.8. The fraction of sp³-hybridized carbons (Fsp3) is 0.188. The molecular formula is C16H16BrNO. The number of rotatable bonds is 3. The molecule has 98 valence electrons. The summed E-state index contributed by atoms with van der Waals surface area (Å²) >= 11 is 3.46. The molecule has 0 saturated heterocycles. The molecule has 2 aromatic rings. The molecule has 2 rings (SSSR count). The zero-order valence-electron chi connectivity index (χ0n) is 11.0. The van der Waals surface area contributed by atoms with Crippen LogP contribution in [-0.4, -0.2) is 5.78 Å². The van der Waals surface area contributed by atoms with E-state index in [9.17, 15) is 4.79 Å². The Morgan fingerprint density at radius 3 is 2.47 bits per heavy atom. The third-order valence-electron chi connectivity index (χ3n) is 3.28. The standard InChI is InChI=1S/C16H16BrNO/c1-10-7-13(15(18)8-11(10)2)16(19)9-12-5-3-4-6-14(12)17/h3-8H,9,18H2,1-2H3. The maximum atomic E-state index is 12.3. The van der Waals surface area contributed by atoms with Crippen LogP contribution in [0.2, 0.25) is 0 Å². The van der Waals surface area contributed by atoms with Crippen molar-refractivity contribution < 1.29 is 4.79 Å². The predicted octanol–water partition coefficient (Wildman–Crippen LogP) is 4.07. The van der Waals surface area contributed by atoms with Crippen LogP contribution in [0.5, 0.6) is 0 Å². The summed E-state index contributed by atoms with van der Waals surface area (Å²) in [4.78, 5) is 12.3. The van der Waals surface area contributed by atoms with Gasteiger partial charge in [-0.25, -0.2) is 0 Å². The van der Waals surface area contributed by atoms with Crippen molar-refractivity contribution in [1.82, 2.24) is 0 Å². The number of halogens is 1. The van der Waals surface area contributed by atoms with Crippen molar-refractivity contribution in [2.24, 2.45) is 0 Å². The van der Waals surface area contributed by atoms with Gasteiger partial charge >= 0.3 is 0 Å². The number of Topliss-reactive ketones (excluding diaryl/α,β-unsaturated/α-hetero) is 1. The van der Waals surface area contributed by atoms with Crippen LogP contribution < -0.4 is 5.73 Å². The van der Waals surface area contributed by atoms with Crippen molar-refractivity contribution in [3.8, 4) is 0 Å². The van der Waals surface area contributed by atoms with E-state index >= 15 is 0 Å². The highest BCUT2D eigenvalue weighted by atomic mass is 79.9. The van der Waals surface area contributed by atoms with E-state index in [-0.39, 0.29) is 5.78 Å². The van der Waals surface area contributed by atoms with Crippen LogP contribution >= 0.6 is 15.9 Å². The first-order valence-corrected chi connectivity index (χ1v) is 6.91. The first-order valence-electron chi connectivity index (χ1n) is 6.12. The van der Waals surface area contributed by atoms with Gasteiger partial charge in [-0.2, -0.15) is 0 Å². The van der Waals surface area contributed by atoms with Crippen molar-refractivity contribution in [2.75, 3.05) is 5.73 Å². The van der Waals surface area contributed by atoms with E-state index in [2.05, 4.69) is 15.9 Å². The van der Waals surface area contributed by atoms with Gasteiger partial charge in [0, 0.05) is 22.1 Å². The van der Waals surface area contributed by atoms with Crippen molar-refractivity contribution in [3.05, 3.63) is 63.1 Å². The van der Waals surface area contributed by atoms with Crippen molar-refractivity contribution in [1.29, 1.82) is 0 Å². The minimum absolute atomic E-state index is 0.0486. The Kier molecular flexibility index (Phi) is 4.05. The second-order valence-corrected chi connectivity index (χ2v) is 5.57. The SMILES string of the molecule is Cc1cc(N)c(C(=O)Cc2ccccc2Br)cc1C. The molecule has 0 aliphatic heterocycles. The van der Waals surface area contributed by atoms with Gasteiger partial charge in [-0.05, 0) is 48.7 Å². The number of hydrogen-bond acceptors (Lipinski definition) is 2. The molecular weight excluding hydrogens is 302 g/mol. The maximum absolute atomic E-state index is 12.3.